The summed E-state index contributed by atoms with van der Waals surface area (Å²) in [6.45, 7) is 3.45. The lowest BCUT2D eigenvalue weighted by molar-refractivity contribution is -0.150. The molecule has 2 heterocycles. The Morgan fingerprint density at radius 2 is 1.75 bits per heavy atom. The number of rotatable bonds is 5. The molecule has 3 rings (SSSR count). The monoisotopic (exact) mass is 388 g/mol. The summed E-state index contributed by atoms with van der Waals surface area (Å²) in [6, 6.07) is 7.41. The van der Waals surface area contributed by atoms with Crippen molar-refractivity contribution in [2.45, 2.75) is 57.0 Å². The molecule has 2 aliphatic heterocycles. The number of methoxy groups -OCH3 is 1. The standard InChI is InChI=1S/C22H32N2O4/c1-4-22(21(26)27)15-18(20(25)24-13-7-5-6-8-14-24)19(23(22)2)16-9-11-17(28-3)12-10-16/h9-12,18-19H,4-8,13-15H2,1-3H3,(H,26,27)/t18-,19-,22-/m1/s1. The molecule has 6 heteroatoms. The molecule has 2 aliphatic rings. The third-order valence-electron chi connectivity index (χ3n) is 6.71. The van der Waals surface area contributed by atoms with Crippen LogP contribution in [0.4, 0.5) is 0 Å². The minimum atomic E-state index is -1.02. The van der Waals surface area contributed by atoms with E-state index in [9.17, 15) is 14.7 Å². The highest BCUT2D eigenvalue weighted by Crippen LogP contribution is 2.48. The van der Waals surface area contributed by atoms with Gasteiger partial charge in [0.05, 0.1) is 13.0 Å². The lowest BCUT2D eigenvalue weighted by atomic mass is 9.86. The number of likely N-dealkylation sites (N-methyl/N-ethyl adjacent to an activating group) is 1. The van der Waals surface area contributed by atoms with Gasteiger partial charge in [-0.2, -0.15) is 0 Å². The maximum absolute atomic E-state index is 13.5. The van der Waals surface area contributed by atoms with Gasteiger partial charge in [-0.3, -0.25) is 14.5 Å². The molecule has 1 N–H and O–H groups in total. The van der Waals surface area contributed by atoms with Crippen LogP contribution in [0.5, 0.6) is 5.75 Å². The third-order valence-corrected chi connectivity index (χ3v) is 6.71. The highest BCUT2D eigenvalue weighted by molar-refractivity contribution is 5.85. The Bertz CT molecular complexity index is 697. The van der Waals surface area contributed by atoms with E-state index in [0.717, 1.165) is 50.1 Å². The number of hydrogen-bond acceptors (Lipinski definition) is 4. The van der Waals surface area contributed by atoms with Crippen LogP contribution in [0.1, 0.15) is 57.1 Å². The first kappa shape index (κ1) is 20.6. The Kier molecular flexibility index (Phi) is 6.28. The van der Waals surface area contributed by atoms with Gasteiger partial charge in [0.2, 0.25) is 5.91 Å². The molecule has 0 saturated carbocycles. The van der Waals surface area contributed by atoms with Crippen LogP contribution >= 0.6 is 0 Å². The van der Waals surface area contributed by atoms with E-state index >= 15 is 0 Å². The van der Waals surface area contributed by atoms with Gasteiger partial charge < -0.3 is 14.7 Å². The average Bonchev–Trinajstić information content (AvgIpc) is 2.86. The van der Waals surface area contributed by atoms with Gasteiger partial charge in [-0.25, -0.2) is 0 Å². The van der Waals surface area contributed by atoms with Gasteiger partial charge in [0.15, 0.2) is 0 Å². The maximum atomic E-state index is 13.5. The van der Waals surface area contributed by atoms with Gasteiger partial charge in [-0.1, -0.05) is 31.9 Å². The summed E-state index contributed by atoms with van der Waals surface area (Å²) in [5.74, 6) is -0.347. The zero-order chi connectivity index (χ0) is 20.3. The molecule has 1 aromatic rings. The second kappa shape index (κ2) is 8.52. The van der Waals surface area contributed by atoms with Crippen molar-refractivity contribution in [2.24, 2.45) is 5.92 Å². The lowest BCUT2D eigenvalue weighted by Crippen LogP contribution is -2.48. The Labute approximate surface area is 167 Å². The largest absolute Gasteiger partial charge is 0.497 e. The molecular weight excluding hydrogens is 356 g/mol. The first-order chi connectivity index (χ1) is 13.4. The Morgan fingerprint density at radius 1 is 1.14 bits per heavy atom. The summed E-state index contributed by atoms with van der Waals surface area (Å²) in [6.07, 6.45) is 5.18. The predicted molar refractivity (Wildman–Crippen MR) is 107 cm³/mol. The Hall–Kier alpha value is -2.08. The summed E-state index contributed by atoms with van der Waals surface area (Å²) in [5.41, 5.74) is -0.0513. The molecule has 0 aliphatic carbocycles. The number of aliphatic carboxylic acids is 1. The smallest absolute Gasteiger partial charge is 0.324 e. The van der Waals surface area contributed by atoms with E-state index in [4.69, 9.17) is 4.74 Å². The molecule has 3 atom stereocenters. The number of carboxylic acids is 1. The molecule has 0 unspecified atom stereocenters. The second-order valence-corrected chi connectivity index (χ2v) is 8.07. The number of carbonyl (C=O) groups excluding carboxylic acids is 1. The van der Waals surface area contributed by atoms with Crippen molar-refractivity contribution in [1.29, 1.82) is 0 Å². The molecule has 28 heavy (non-hydrogen) atoms. The minimum Gasteiger partial charge on any atom is -0.497 e. The van der Waals surface area contributed by atoms with Crippen molar-refractivity contribution in [1.82, 2.24) is 9.80 Å². The van der Waals surface area contributed by atoms with Crippen LogP contribution in [-0.2, 0) is 9.59 Å². The number of ether oxygens (including phenoxy) is 1. The van der Waals surface area contributed by atoms with E-state index in [1.54, 1.807) is 7.11 Å². The summed E-state index contributed by atoms with van der Waals surface area (Å²) < 4.78 is 5.26. The number of carbonyl (C=O) groups is 2. The van der Waals surface area contributed by atoms with E-state index in [1.165, 1.54) is 0 Å². The van der Waals surface area contributed by atoms with Crippen molar-refractivity contribution in [3.8, 4) is 5.75 Å². The van der Waals surface area contributed by atoms with Crippen LogP contribution in [0.25, 0.3) is 0 Å². The average molecular weight is 389 g/mol. The molecule has 2 fully saturated rings. The van der Waals surface area contributed by atoms with Crippen LogP contribution in [0.3, 0.4) is 0 Å². The van der Waals surface area contributed by atoms with Gasteiger partial charge in [0.25, 0.3) is 0 Å². The summed E-state index contributed by atoms with van der Waals surface area (Å²) in [4.78, 5) is 29.7. The normalized spacial score (nSPS) is 28.8. The Morgan fingerprint density at radius 3 is 2.25 bits per heavy atom. The fraction of sp³-hybridized carbons (Fsp3) is 0.636. The van der Waals surface area contributed by atoms with Crippen molar-refractivity contribution in [3.63, 3.8) is 0 Å². The number of benzene rings is 1. The summed E-state index contributed by atoms with van der Waals surface area (Å²) >= 11 is 0. The molecule has 0 bridgehead atoms. The highest BCUT2D eigenvalue weighted by atomic mass is 16.5. The van der Waals surface area contributed by atoms with Crippen LogP contribution in [0.2, 0.25) is 0 Å². The van der Waals surface area contributed by atoms with Gasteiger partial charge in [-0.05, 0) is 50.4 Å². The quantitative estimate of drug-likeness (QED) is 0.838. The van der Waals surface area contributed by atoms with Crippen molar-refractivity contribution in [2.75, 3.05) is 27.2 Å². The molecular formula is C22H32N2O4. The van der Waals surface area contributed by atoms with Crippen LogP contribution < -0.4 is 4.74 Å². The number of nitrogens with zero attached hydrogens (tertiary/aromatic N) is 2. The lowest BCUT2D eigenvalue weighted by Gasteiger charge is -2.34. The third kappa shape index (κ3) is 3.62. The summed E-state index contributed by atoms with van der Waals surface area (Å²) in [7, 11) is 3.47. The van der Waals surface area contributed by atoms with E-state index in [2.05, 4.69) is 0 Å². The van der Waals surface area contributed by atoms with Gasteiger partial charge >= 0.3 is 5.97 Å². The molecule has 0 radical (unpaired) electrons. The first-order valence-electron chi connectivity index (χ1n) is 10.3. The topological polar surface area (TPSA) is 70.1 Å². The SMILES string of the molecule is CC[C@]1(C(=O)O)C[C@@H](C(=O)N2CCCCCC2)[C@@H](c2ccc(OC)cc2)N1C. The predicted octanol–water partition coefficient (Wildman–Crippen LogP) is 3.32. The van der Waals surface area contributed by atoms with Crippen LogP contribution in [0, 0.1) is 5.92 Å². The molecule has 6 nitrogen and oxygen atoms in total. The van der Waals surface area contributed by atoms with Gasteiger partial charge in [0.1, 0.15) is 11.3 Å². The zero-order valence-electron chi connectivity index (χ0n) is 17.2. The van der Waals surface area contributed by atoms with Crippen molar-refractivity contribution >= 4 is 11.9 Å². The number of likely N-dealkylation sites (tertiary alicyclic amines) is 2. The van der Waals surface area contributed by atoms with Crippen molar-refractivity contribution in [3.05, 3.63) is 29.8 Å². The highest BCUT2D eigenvalue weighted by Gasteiger charge is 2.56. The Balaban J connectivity index is 1.97. The number of hydrogen-bond donors (Lipinski definition) is 1. The molecule has 1 aromatic carbocycles. The van der Waals surface area contributed by atoms with Gasteiger partial charge in [-0.15, -0.1) is 0 Å². The molecule has 0 spiro atoms. The molecule has 1 amide bonds. The summed E-state index contributed by atoms with van der Waals surface area (Å²) in [5, 5.41) is 10.0. The number of carboxylic acid groups (broad SMARTS) is 1. The van der Waals surface area contributed by atoms with Crippen LogP contribution in [0.15, 0.2) is 24.3 Å². The minimum absolute atomic E-state index is 0.103. The fourth-order valence-electron chi connectivity index (χ4n) is 4.94. The second-order valence-electron chi connectivity index (χ2n) is 8.07. The maximum Gasteiger partial charge on any atom is 0.324 e. The fourth-order valence-corrected chi connectivity index (χ4v) is 4.94. The zero-order valence-corrected chi connectivity index (χ0v) is 17.2. The van der Waals surface area contributed by atoms with E-state index in [0.29, 0.717) is 12.8 Å². The first-order valence-corrected chi connectivity index (χ1v) is 10.3. The number of amides is 1. The van der Waals surface area contributed by atoms with E-state index in [-0.39, 0.29) is 17.9 Å². The van der Waals surface area contributed by atoms with E-state index in [1.807, 2.05) is 48.0 Å². The van der Waals surface area contributed by atoms with E-state index < -0.39 is 11.5 Å². The molecule has 0 aromatic heterocycles. The van der Waals surface area contributed by atoms with Crippen LogP contribution in [-0.4, -0.2) is 59.6 Å². The molecule has 2 saturated heterocycles. The molecule has 154 valence electrons. The van der Waals surface area contributed by atoms with Gasteiger partial charge in [0, 0.05) is 19.1 Å². The van der Waals surface area contributed by atoms with Crippen molar-refractivity contribution < 1.29 is 19.4 Å².